The minimum Gasteiger partial charge on any atom is -0.466 e. The van der Waals surface area contributed by atoms with Gasteiger partial charge in [0.15, 0.2) is 0 Å². The van der Waals surface area contributed by atoms with E-state index in [1.165, 1.54) is 186 Å². The summed E-state index contributed by atoms with van der Waals surface area (Å²) in [5.74, 6) is -0.0814. The van der Waals surface area contributed by atoms with Gasteiger partial charge in [0.05, 0.1) is 25.4 Å². The third kappa shape index (κ3) is 43.9. The van der Waals surface area contributed by atoms with Crippen molar-refractivity contribution in [2.75, 3.05) is 13.2 Å². The van der Waals surface area contributed by atoms with Gasteiger partial charge in [0, 0.05) is 12.8 Å². The fourth-order valence-electron chi connectivity index (χ4n) is 7.74. The molecule has 0 saturated heterocycles. The van der Waals surface area contributed by atoms with Crippen molar-refractivity contribution < 1.29 is 24.5 Å². The number of unbranched alkanes of at least 4 members (excludes halogenated alkanes) is 34. The van der Waals surface area contributed by atoms with Crippen molar-refractivity contribution in [3.8, 4) is 0 Å². The highest BCUT2D eigenvalue weighted by atomic mass is 16.5. The van der Waals surface area contributed by atoms with Crippen LogP contribution in [0.2, 0.25) is 0 Å². The van der Waals surface area contributed by atoms with Gasteiger partial charge in [-0.05, 0) is 57.8 Å². The lowest BCUT2D eigenvalue weighted by atomic mass is 10.0. The summed E-state index contributed by atoms with van der Waals surface area (Å²) in [6.07, 6.45) is 56.1. The molecule has 0 bridgehead atoms. The minimum absolute atomic E-state index is 0.00305. The fraction of sp³-hybridized carbons (Fsp3) is 0.885. The number of esters is 1. The highest BCUT2D eigenvalue weighted by Gasteiger charge is 2.18. The summed E-state index contributed by atoms with van der Waals surface area (Å²) >= 11 is 0. The monoisotopic (exact) mass is 818 g/mol. The van der Waals surface area contributed by atoms with Gasteiger partial charge in [-0.3, -0.25) is 9.59 Å². The summed E-state index contributed by atoms with van der Waals surface area (Å²) in [6.45, 7) is 4.86. The molecule has 0 fully saturated rings. The molecule has 0 aliphatic rings. The molecular weight excluding hydrogens is 719 g/mol. The number of carbonyl (C=O) groups is 2. The van der Waals surface area contributed by atoms with Crippen molar-refractivity contribution in [1.82, 2.24) is 5.32 Å². The second-order valence-electron chi connectivity index (χ2n) is 17.5. The Labute approximate surface area is 361 Å². The van der Waals surface area contributed by atoms with E-state index in [9.17, 15) is 19.8 Å². The molecule has 0 radical (unpaired) electrons. The molecule has 0 heterocycles. The van der Waals surface area contributed by atoms with Crippen LogP contribution < -0.4 is 5.32 Å². The molecule has 2 unspecified atom stereocenters. The van der Waals surface area contributed by atoms with Crippen LogP contribution >= 0.6 is 0 Å². The Bertz CT molecular complexity index is 904. The summed E-state index contributed by atoms with van der Waals surface area (Å²) in [5, 5.41) is 22.9. The van der Waals surface area contributed by atoms with Gasteiger partial charge >= 0.3 is 5.97 Å². The van der Waals surface area contributed by atoms with E-state index in [1.54, 1.807) is 6.08 Å². The first kappa shape index (κ1) is 56.3. The first-order valence-corrected chi connectivity index (χ1v) is 25.6. The Hall–Kier alpha value is -1.66. The van der Waals surface area contributed by atoms with Crippen molar-refractivity contribution in [3.63, 3.8) is 0 Å². The molecule has 0 spiro atoms. The van der Waals surface area contributed by atoms with E-state index in [4.69, 9.17) is 4.74 Å². The molecule has 0 aliphatic heterocycles. The molecule has 1 amide bonds. The molecule has 0 aliphatic carbocycles. The second-order valence-corrected chi connectivity index (χ2v) is 17.5. The number of hydrogen-bond donors (Lipinski definition) is 3. The molecule has 3 N–H and O–H groups in total. The van der Waals surface area contributed by atoms with Crippen molar-refractivity contribution in [1.29, 1.82) is 0 Å². The number of allylic oxidation sites excluding steroid dienone is 3. The van der Waals surface area contributed by atoms with Gasteiger partial charge in [-0.1, -0.05) is 224 Å². The molecule has 0 aromatic carbocycles. The number of aliphatic hydroxyl groups is 2. The summed E-state index contributed by atoms with van der Waals surface area (Å²) in [5.41, 5.74) is 0. The zero-order chi connectivity index (χ0) is 42.3. The average molecular weight is 818 g/mol. The van der Waals surface area contributed by atoms with Gasteiger partial charge < -0.3 is 20.3 Å². The number of nitrogens with one attached hydrogen (secondary N) is 1. The van der Waals surface area contributed by atoms with Crippen LogP contribution in [0.3, 0.4) is 0 Å². The highest BCUT2D eigenvalue weighted by molar-refractivity contribution is 5.76. The van der Waals surface area contributed by atoms with Gasteiger partial charge in [0.1, 0.15) is 0 Å². The van der Waals surface area contributed by atoms with E-state index < -0.39 is 12.1 Å². The molecule has 0 aromatic heterocycles. The van der Waals surface area contributed by atoms with E-state index in [1.807, 2.05) is 6.08 Å². The molecule has 0 saturated carbocycles. The summed E-state index contributed by atoms with van der Waals surface area (Å²) in [4.78, 5) is 24.4. The summed E-state index contributed by atoms with van der Waals surface area (Å²) in [7, 11) is 0. The standard InChI is InChI=1S/C52H99NO5/c1-3-5-7-9-11-13-15-22-26-30-34-38-42-46-52(57)58-47-43-39-35-31-27-24-21-19-17-16-18-20-23-25-29-33-37-41-45-51(56)53-49(48-54)50(55)44-40-36-32-28-14-12-10-8-6-4-2/h18,20,40,44,49-50,54-55H,3-17,19,21-39,41-43,45-48H2,1-2H3,(H,53,56)/b20-18-,44-40+. The van der Waals surface area contributed by atoms with Crippen LogP contribution in [0.1, 0.15) is 271 Å². The maximum atomic E-state index is 12.4. The predicted octanol–water partition coefficient (Wildman–Crippen LogP) is 15.1. The molecular formula is C52H99NO5. The molecule has 0 rings (SSSR count). The van der Waals surface area contributed by atoms with Crippen molar-refractivity contribution in [3.05, 3.63) is 24.3 Å². The van der Waals surface area contributed by atoms with Crippen LogP contribution in [0.15, 0.2) is 24.3 Å². The van der Waals surface area contributed by atoms with Gasteiger partial charge in [-0.2, -0.15) is 0 Å². The number of amides is 1. The SMILES string of the molecule is CCCCCCCCCC/C=C/C(O)C(CO)NC(=O)CCCCCCC/C=C\CCCCCCCCCCCOC(=O)CCCCCCCCCCCCCCC. The topological polar surface area (TPSA) is 95.9 Å². The van der Waals surface area contributed by atoms with E-state index in [2.05, 4.69) is 31.3 Å². The smallest absolute Gasteiger partial charge is 0.305 e. The van der Waals surface area contributed by atoms with Crippen LogP contribution in [0.25, 0.3) is 0 Å². The maximum Gasteiger partial charge on any atom is 0.305 e. The van der Waals surface area contributed by atoms with Crippen LogP contribution in [0, 0.1) is 0 Å². The fourth-order valence-corrected chi connectivity index (χ4v) is 7.74. The Kier molecular flexibility index (Phi) is 46.6. The number of ether oxygens (including phenoxy) is 1. The highest BCUT2D eigenvalue weighted by Crippen LogP contribution is 2.15. The summed E-state index contributed by atoms with van der Waals surface area (Å²) in [6, 6.07) is -0.635. The normalized spacial score (nSPS) is 12.8. The number of carbonyl (C=O) groups excluding carboxylic acids is 2. The first-order chi connectivity index (χ1) is 28.5. The molecule has 342 valence electrons. The van der Waals surface area contributed by atoms with Crippen LogP contribution in [0.5, 0.6) is 0 Å². The number of rotatable bonds is 47. The lowest BCUT2D eigenvalue weighted by molar-refractivity contribution is -0.143. The van der Waals surface area contributed by atoms with E-state index in [0.29, 0.717) is 19.4 Å². The van der Waals surface area contributed by atoms with Gasteiger partial charge in [0.2, 0.25) is 5.91 Å². The Balaban J connectivity index is 3.45. The van der Waals surface area contributed by atoms with Gasteiger partial charge in [-0.15, -0.1) is 0 Å². The van der Waals surface area contributed by atoms with Gasteiger partial charge in [-0.25, -0.2) is 0 Å². The lowest BCUT2D eigenvalue weighted by Crippen LogP contribution is -2.45. The Morgan fingerprint density at radius 2 is 0.810 bits per heavy atom. The van der Waals surface area contributed by atoms with Crippen LogP contribution in [0.4, 0.5) is 0 Å². The number of hydrogen-bond acceptors (Lipinski definition) is 5. The average Bonchev–Trinajstić information content (AvgIpc) is 3.22. The van der Waals surface area contributed by atoms with Crippen molar-refractivity contribution >= 4 is 11.9 Å². The van der Waals surface area contributed by atoms with E-state index in [0.717, 1.165) is 57.8 Å². The molecule has 0 aromatic rings. The lowest BCUT2D eigenvalue weighted by Gasteiger charge is -2.20. The van der Waals surface area contributed by atoms with E-state index in [-0.39, 0.29) is 18.5 Å². The number of aliphatic hydroxyl groups excluding tert-OH is 2. The van der Waals surface area contributed by atoms with Crippen LogP contribution in [-0.2, 0) is 14.3 Å². The Morgan fingerprint density at radius 1 is 0.466 bits per heavy atom. The zero-order valence-electron chi connectivity index (χ0n) is 38.8. The largest absolute Gasteiger partial charge is 0.466 e. The molecule has 58 heavy (non-hydrogen) atoms. The Morgan fingerprint density at radius 3 is 1.22 bits per heavy atom. The summed E-state index contributed by atoms with van der Waals surface area (Å²) < 4.78 is 5.46. The third-order valence-corrected chi connectivity index (χ3v) is 11.7. The zero-order valence-corrected chi connectivity index (χ0v) is 38.8. The van der Waals surface area contributed by atoms with Crippen molar-refractivity contribution in [2.45, 2.75) is 283 Å². The molecule has 6 nitrogen and oxygen atoms in total. The minimum atomic E-state index is -0.850. The second kappa shape index (κ2) is 48.0. The molecule has 6 heteroatoms. The van der Waals surface area contributed by atoms with Crippen molar-refractivity contribution in [2.24, 2.45) is 0 Å². The molecule has 2 atom stereocenters. The van der Waals surface area contributed by atoms with Crippen LogP contribution in [-0.4, -0.2) is 47.4 Å². The third-order valence-electron chi connectivity index (χ3n) is 11.7. The maximum absolute atomic E-state index is 12.4. The van der Waals surface area contributed by atoms with E-state index >= 15 is 0 Å². The first-order valence-electron chi connectivity index (χ1n) is 25.6. The van der Waals surface area contributed by atoms with Gasteiger partial charge in [0.25, 0.3) is 0 Å². The quantitative estimate of drug-likeness (QED) is 0.0323. The predicted molar refractivity (Wildman–Crippen MR) is 250 cm³/mol.